The Balaban J connectivity index is 1.56. The molecule has 0 aliphatic heterocycles. The summed E-state index contributed by atoms with van der Waals surface area (Å²) in [6.45, 7) is 0.300. The van der Waals surface area contributed by atoms with Gasteiger partial charge in [0.15, 0.2) is 11.5 Å². The van der Waals surface area contributed by atoms with Gasteiger partial charge in [0.05, 0.1) is 16.4 Å². The number of nitrogens with one attached hydrogen (secondary N) is 2. The zero-order valence-corrected chi connectivity index (χ0v) is 19.5. The molecule has 0 saturated heterocycles. The van der Waals surface area contributed by atoms with E-state index in [1.54, 1.807) is 25.2 Å². The quantitative estimate of drug-likeness (QED) is 0.246. The Kier molecular flexibility index (Phi) is 7.87. The van der Waals surface area contributed by atoms with Crippen molar-refractivity contribution >= 4 is 60.8 Å². The van der Waals surface area contributed by atoms with E-state index in [4.69, 9.17) is 4.63 Å². The molecule has 0 fully saturated rings. The van der Waals surface area contributed by atoms with Gasteiger partial charge in [-0.3, -0.25) is 4.99 Å². The zero-order valence-electron chi connectivity index (χ0n) is 16.2. The first-order chi connectivity index (χ1) is 14.9. The molecular weight excluding hydrogens is 511 g/mol. The number of anilines is 2. The van der Waals surface area contributed by atoms with Crippen LogP contribution in [0.2, 0.25) is 0 Å². The third-order valence-electron chi connectivity index (χ3n) is 3.87. The number of halogens is 2. The molecule has 2 heterocycles. The third kappa shape index (κ3) is 6.67. The first-order valence-electron chi connectivity index (χ1n) is 8.95. The predicted octanol–water partition coefficient (Wildman–Crippen LogP) is 3.77. The van der Waals surface area contributed by atoms with Crippen molar-refractivity contribution in [2.45, 2.75) is 6.42 Å². The van der Waals surface area contributed by atoms with Gasteiger partial charge in [0.2, 0.25) is 5.82 Å². The van der Waals surface area contributed by atoms with Gasteiger partial charge in [-0.2, -0.15) is 4.40 Å². The fourth-order valence-corrected chi connectivity index (χ4v) is 4.32. The lowest BCUT2D eigenvalue weighted by molar-refractivity contribution is 0.308. The lowest BCUT2D eigenvalue weighted by atomic mass is 10.3. The van der Waals surface area contributed by atoms with Gasteiger partial charge >= 0.3 is 0 Å². The highest BCUT2D eigenvalue weighted by molar-refractivity contribution is 9.10. The van der Waals surface area contributed by atoms with Crippen molar-refractivity contribution in [1.82, 2.24) is 10.3 Å². The second-order valence-corrected chi connectivity index (χ2v) is 9.72. The Morgan fingerprint density at radius 2 is 2.19 bits per heavy atom. The summed E-state index contributed by atoms with van der Waals surface area (Å²) in [6.07, 6.45) is 1.64. The van der Waals surface area contributed by atoms with E-state index in [1.165, 1.54) is 23.6 Å². The Bertz CT molecular complexity index is 1180. The zero-order chi connectivity index (χ0) is 22.3. The number of hydrogen-bond donors (Lipinski definition) is 2. The van der Waals surface area contributed by atoms with Gasteiger partial charge < -0.3 is 10.6 Å². The van der Waals surface area contributed by atoms with Crippen LogP contribution in [-0.4, -0.2) is 50.1 Å². The fraction of sp³-hybridized carbons (Fsp3) is 0.222. The highest BCUT2D eigenvalue weighted by Crippen LogP contribution is 2.21. The molecule has 0 radical (unpaired) electrons. The Morgan fingerprint density at radius 1 is 1.35 bits per heavy atom. The van der Waals surface area contributed by atoms with Gasteiger partial charge in [-0.25, -0.2) is 17.4 Å². The molecule has 31 heavy (non-hydrogen) atoms. The average Bonchev–Trinajstić information content (AvgIpc) is 3.43. The van der Waals surface area contributed by atoms with Crippen molar-refractivity contribution in [3.8, 4) is 0 Å². The standard InChI is InChI=1S/C18H18BrFN6O3S2/c1-21-17(24-12-5-6-15(20)14(19)10-12)16-18(26-29-25-16)22-7-3-9-31(27,28)23-11-13-4-2-8-30-13/h2,4-6,8,10-11H,3,7,9H2,1H3,(H,21,24)(H,22,26). The molecule has 0 saturated carbocycles. The van der Waals surface area contributed by atoms with E-state index < -0.39 is 10.0 Å². The summed E-state index contributed by atoms with van der Waals surface area (Å²) in [7, 11) is -2.02. The molecule has 3 aromatic rings. The maximum absolute atomic E-state index is 13.4. The number of sulfonamides is 1. The summed E-state index contributed by atoms with van der Waals surface area (Å²) in [5, 5.41) is 15.5. The molecule has 13 heteroatoms. The van der Waals surface area contributed by atoms with E-state index in [-0.39, 0.29) is 11.6 Å². The predicted molar refractivity (Wildman–Crippen MR) is 123 cm³/mol. The second-order valence-electron chi connectivity index (χ2n) is 6.10. The van der Waals surface area contributed by atoms with Crippen molar-refractivity contribution < 1.29 is 17.4 Å². The molecule has 2 aromatic heterocycles. The van der Waals surface area contributed by atoms with Gasteiger partial charge in [-0.1, -0.05) is 6.07 Å². The molecule has 0 aliphatic carbocycles. The third-order valence-corrected chi connectivity index (χ3v) is 6.52. The number of aromatic nitrogens is 2. The van der Waals surface area contributed by atoms with E-state index in [0.717, 1.165) is 4.88 Å². The van der Waals surface area contributed by atoms with Crippen molar-refractivity contribution in [2.24, 2.45) is 9.39 Å². The summed E-state index contributed by atoms with van der Waals surface area (Å²) in [4.78, 5) is 4.91. The molecule has 2 N–H and O–H groups in total. The lowest BCUT2D eigenvalue weighted by Crippen LogP contribution is -2.17. The van der Waals surface area contributed by atoms with Crippen LogP contribution in [0.1, 0.15) is 17.0 Å². The SMILES string of the molecule is CN=C(Nc1ccc(F)c(Br)c1)c1nonc1NCCCS(=O)(=O)N=Cc1cccs1. The van der Waals surface area contributed by atoms with Crippen LogP contribution in [0.25, 0.3) is 0 Å². The first kappa shape index (κ1) is 23.0. The summed E-state index contributed by atoms with van der Waals surface area (Å²) in [5.74, 6) is 0.129. The fourth-order valence-electron chi connectivity index (χ4n) is 2.40. The van der Waals surface area contributed by atoms with E-state index in [0.29, 0.717) is 40.5 Å². The van der Waals surface area contributed by atoms with Crippen molar-refractivity contribution in [3.05, 3.63) is 56.6 Å². The van der Waals surface area contributed by atoms with Gasteiger partial charge in [-0.15, -0.1) is 11.3 Å². The molecule has 0 atom stereocenters. The van der Waals surface area contributed by atoms with Gasteiger partial charge in [0, 0.05) is 24.2 Å². The van der Waals surface area contributed by atoms with Crippen LogP contribution in [0, 0.1) is 5.82 Å². The summed E-state index contributed by atoms with van der Waals surface area (Å²) < 4.78 is 46.3. The van der Waals surface area contributed by atoms with Crippen LogP contribution in [0.3, 0.4) is 0 Å². The molecule has 0 spiro atoms. The minimum atomic E-state index is -3.57. The number of amidine groups is 1. The van der Waals surface area contributed by atoms with E-state index >= 15 is 0 Å². The van der Waals surface area contributed by atoms with Crippen LogP contribution in [0.4, 0.5) is 15.9 Å². The molecule has 9 nitrogen and oxygen atoms in total. The van der Waals surface area contributed by atoms with E-state index in [1.807, 2.05) is 11.4 Å². The van der Waals surface area contributed by atoms with Crippen molar-refractivity contribution in [1.29, 1.82) is 0 Å². The first-order valence-corrected chi connectivity index (χ1v) is 12.2. The minimum absolute atomic E-state index is 0.126. The molecule has 3 rings (SSSR count). The number of rotatable bonds is 9. The Hall–Kier alpha value is -2.64. The topological polar surface area (TPSA) is 122 Å². The molecular formula is C18H18BrFN6O3S2. The molecule has 1 aromatic carbocycles. The maximum Gasteiger partial charge on any atom is 0.253 e. The summed E-state index contributed by atoms with van der Waals surface area (Å²) >= 11 is 4.54. The lowest BCUT2D eigenvalue weighted by Gasteiger charge is -2.09. The molecule has 0 aliphatic rings. The van der Waals surface area contributed by atoms with Crippen LogP contribution in [-0.2, 0) is 10.0 Å². The summed E-state index contributed by atoms with van der Waals surface area (Å²) in [6, 6.07) is 8.02. The monoisotopic (exact) mass is 528 g/mol. The smallest absolute Gasteiger partial charge is 0.253 e. The van der Waals surface area contributed by atoms with Crippen molar-refractivity contribution in [3.63, 3.8) is 0 Å². The van der Waals surface area contributed by atoms with Crippen molar-refractivity contribution in [2.75, 3.05) is 30.0 Å². The number of benzene rings is 1. The van der Waals surface area contributed by atoms with Gasteiger partial charge in [-0.05, 0) is 62.3 Å². The highest BCUT2D eigenvalue weighted by atomic mass is 79.9. The van der Waals surface area contributed by atoms with Crippen LogP contribution >= 0.6 is 27.3 Å². The molecule has 0 bridgehead atoms. The van der Waals surface area contributed by atoms with Gasteiger partial charge in [0.1, 0.15) is 5.82 Å². The van der Waals surface area contributed by atoms with E-state index in [2.05, 4.69) is 46.3 Å². The molecule has 0 unspecified atom stereocenters. The number of aliphatic imine (C=N–C) groups is 1. The highest BCUT2D eigenvalue weighted by Gasteiger charge is 2.17. The molecule has 164 valence electrons. The van der Waals surface area contributed by atoms with E-state index in [9.17, 15) is 12.8 Å². The Morgan fingerprint density at radius 3 is 2.90 bits per heavy atom. The van der Waals surface area contributed by atoms with Gasteiger partial charge in [0.25, 0.3) is 10.0 Å². The second kappa shape index (κ2) is 10.6. The maximum atomic E-state index is 13.4. The van der Waals surface area contributed by atoms with Crippen LogP contribution < -0.4 is 10.6 Å². The minimum Gasteiger partial charge on any atom is -0.365 e. The number of nitrogens with zero attached hydrogens (tertiary/aromatic N) is 4. The van der Waals surface area contributed by atoms with Crippen LogP contribution in [0.5, 0.6) is 0 Å². The molecule has 0 amide bonds. The van der Waals surface area contributed by atoms with Crippen LogP contribution in [0.15, 0.2) is 54.2 Å². The largest absolute Gasteiger partial charge is 0.365 e. The number of thiophene rings is 1. The number of hydrogen-bond acceptors (Lipinski definition) is 8. The average molecular weight is 529 g/mol. The Labute approximate surface area is 190 Å². The summed E-state index contributed by atoms with van der Waals surface area (Å²) in [5.41, 5.74) is 0.888. The normalized spacial score (nSPS) is 12.4.